The summed E-state index contributed by atoms with van der Waals surface area (Å²) in [4.78, 5) is 58.2. The van der Waals surface area contributed by atoms with Crippen LogP contribution in [0.25, 0.3) is 0 Å². The van der Waals surface area contributed by atoms with Crippen LogP contribution >= 0.6 is 15.9 Å². The molecule has 2 rings (SSSR count). The average Bonchev–Trinajstić information content (AvgIpc) is 2.76. The van der Waals surface area contributed by atoms with Gasteiger partial charge in [-0.2, -0.15) is 0 Å². The molecular weight excluding hydrogens is 484 g/mol. The monoisotopic (exact) mass is 504 g/mol. The fourth-order valence-electron chi connectivity index (χ4n) is 2.33. The lowest BCUT2D eigenvalue weighted by Gasteiger charge is -2.09. The number of esters is 1. The van der Waals surface area contributed by atoms with Gasteiger partial charge in [0.2, 0.25) is 11.8 Å². The molecule has 0 saturated heterocycles. The predicted molar refractivity (Wildman–Crippen MR) is 119 cm³/mol. The molecule has 11 heteroatoms. The minimum absolute atomic E-state index is 0.145. The third kappa shape index (κ3) is 8.96. The molecule has 0 bridgehead atoms. The quantitative estimate of drug-likeness (QED) is 0.320. The number of benzene rings is 2. The van der Waals surface area contributed by atoms with Crippen molar-refractivity contribution in [3.8, 4) is 0 Å². The molecule has 0 saturated carbocycles. The average molecular weight is 505 g/mol. The van der Waals surface area contributed by atoms with Crippen molar-refractivity contribution >= 4 is 56.9 Å². The molecule has 2 aromatic rings. The predicted octanol–water partition coefficient (Wildman–Crippen LogP) is 2.13. The Bertz CT molecular complexity index is 992. The van der Waals surface area contributed by atoms with E-state index in [0.29, 0.717) is 16.9 Å². The standard InChI is InChI=1S/C21H21BrN4O6/c1-13(27)23-16-6-8-17(9-7-16)24-18(28)10-11-20(30)32-12-19(29)25-26-21(31)14-2-4-15(22)5-3-14/h2-9H,10-12H2,1H3,(H,23,27)(H,24,28)(H,25,29)(H,26,31). The van der Waals surface area contributed by atoms with E-state index in [1.807, 2.05) is 0 Å². The highest BCUT2D eigenvalue weighted by molar-refractivity contribution is 9.10. The summed E-state index contributed by atoms with van der Waals surface area (Å²) in [6, 6.07) is 12.9. The maximum absolute atomic E-state index is 11.9. The fraction of sp³-hybridized carbons (Fsp3) is 0.190. The van der Waals surface area contributed by atoms with Gasteiger partial charge in [-0.1, -0.05) is 15.9 Å². The van der Waals surface area contributed by atoms with Gasteiger partial charge in [-0.3, -0.25) is 34.8 Å². The number of carbonyl (C=O) groups is 5. The Labute approximate surface area is 192 Å². The van der Waals surface area contributed by atoms with Crippen LogP contribution in [0.4, 0.5) is 11.4 Å². The summed E-state index contributed by atoms with van der Waals surface area (Å²) in [5.41, 5.74) is 5.75. The molecule has 0 aliphatic rings. The van der Waals surface area contributed by atoms with Gasteiger partial charge in [0.1, 0.15) is 0 Å². The molecule has 10 nitrogen and oxygen atoms in total. The topological polar surface area (TPSA) is 143 Å². The molecule has 2 aromatic carbocycles. The van der Waals surface area contributed by atoms with E-state index in [0.717, 1.165) is 4.47 Å². The number of hydrogen-bond acceptors (Lipinski definition) is 6. The van der Waals surface area contributed by atoms with Gasteiger partial charge in [-0.25, -0.2) is 0 Å². The molecule has 0 aliphatic carbocycles. The van der Waals surface area contributed by atoms with E-state index in [-0.39, 0.29) is 18.7 Å². The molecule has 4 N–H and O–H groups in total. The third-order valence-electron chi connectivity index (χ3n) is 3.83. The van der Waals surface area contributed by atoms with Crippen LogP contribution in [0.2, 0.25) is 0 Å². The van der Waals surface area contributed by atoms with Gasteiger partial charge in [0.05, 0.1) is 6.42 Å². The molecule has 0 unspecified atom stereocenters. The first-order valence-corrected chi connectivity index (χ1v) is 10.2. The molecular formula is C21H21BrN4O6. The largest absolute Gasteiger partial charge is 0.455 e. The summed E-state index contributed by atoms with van der Waals surface area (Å²) < 4.78 is 5.59. The number of carbonyl (C=O) groups excluding carboxylic acids is 5. The van der Waals surface area contributed by atoms with Gasteiger partial charge < -0.3 is 15.4 Å². The number of nitrogens with one attached hydrogen (secondary N) is 4. The number of hydrogen-bond donors (Lipinski definition) is 4. The van der Waals surface area contributed by atoms with E-state index in [1.165, 1.54) is 6.92 Å². The van der Waals surface area contributed by atoms with Crippen LogP contribution in [0.5, 0.6) is 0 Å². The Hall–Kier alpha value is -3.73. The van der Waals surface area contributed by atoms with Crippen molar-refractivity contribution in [2.24, 2.45) is 0 Å². The summed E-state index contributed by atoms with van der Waals surface area (Å²) in [7, 11) is 0. The van der Waals surface area contributed by atoms with Gasteiger partial charge in [-0.15, -0.1) is 0 Å². The van der Waals surface area contributed by atoms with Gasteiger partial charge in [0.25, 0.3) is 11.8 Å². The zero-order valence-electron chi connectivity index (χ0n) is 17.1. The Morgan fingerprint density at radius 3 is 1.97 bits per heavy atom. The Kier molecular flexibility index (Phi) is 9.36. The zero-order chi connectivity index (χ0) is 23.5. The van der Waals surface area contributed by atoms with Gasteiger partial charge in [0, 0.05) is 34.8 Å². The normalized spacial score (nSPS) is 9.94. The number of ether oxygens (including phenoxy) is 1. The van der Waals surface area contributed by atoms with Crippen LogP contribution in [0.3, 0.4) is 0 Å². The van der Waals surface area contributed by atoms with Crippen LogP contribution in [0.1, 0.15) is 30.1 Å². The summed E-state index contributed by atoms with van der Waals surface area (Å²) in [5, 5.41) is 5.21. The van der Waals surface area contributed by atoms with Crippen LogP contribution in [-0.4, -0.2) is 36.2 Å². The van der Waals surface area contributed by atoms with Crippen molar-refractivity contribution in [2.75, 3.05) is 17.2 Å². The maximum atomic E-state index is 11.9. The Balaban J connectivity index is 1.64. The summed E-state index contributed by atoms with van der Waals surface area (Å²) in [5.74, 6) is -2.62. The SMILES string of the molecule is CC(=O)Nc1ccc(NC(=O)CCC(=O)OCC(=O)NNC(=O)c2ccc(Br)cc2)cc1. The molecule has 0 fully saturated rings. The van der Waals surface area contributed by atoms with E-state index in [4.69, 9.17) is 4.74 Å². The van der Waals surface area contributed by atoms with E-state index < -0.39 is 30.3 Å². The number of rotatable bonds is 8. The lowest BCUT2D eigenvalue weighted by molar-refractivity contribution is -0.149. The van der Waals surface area contributed by atoms with Crippen LogP contribution in [-0.2, 0) is 23.9 Å². The van der Waals surface area contributed by atoms with Crippen molar-refractivity contribution in [2.45, 2.75) is 19.8 Å². The first-order chi connectivity index (χ1) is 15.2. The molecule has 0 spiro atoms. The van der Waals surface area contributed by atoms with Crippen molar-refractivity contribution in [1.29, 1.82) is 0 Å². The van der Waals surface area contributed by atoms with E-state index in [2.05, 4.69) is 37.4 Å². The molecule has 168 valence electrons. The van der Waals surface area contributed by atoms with Crippen molar-refractivity contribution < 1.29 is 28.7 Å². The highest BCUT2D eigenvalue weighted by atomic mass is 79.9. The van der Waals surface area contributed by atoms with Crippen LogP contribution in [0.15, 0.2) is 53.0 Å². The minimum atomic E-state index is -0.740. The fourth-order valence-corrected chi connectivity index (χ4v) is 2.60. The van der Waals surface area contributed by atoms with Crippen LogP contribution < -0.4 is 21.5 Å². The zero-order valence-corrected chi connectivity index (χ0v) is 18.7. The molecule has 0 heterocycles. The number of hydrazine groups is 1. The molecule has 32 heavy (non-hydrogen) atoms. The summed E-state index contributed by atoms with van der Waals surface area (Å²) in [6.45, 7) is 0.782. The first-order valence-electron chi connectivity index (χ1n) is 9.41. The van der Waals surface area contributed by atoms with E-state index >= 15 is 0 Å². The second kappa shape index (κ2) is 12.2. The molecule has 0 aliphatic heterocycles. The van der Waals surface area contributed by atoms with Crippen molar-refractivity contribution in [1.82, 2.24) is 10.9 Å². The van der Waals surface area contributed by atoms with Crippen molar-refractivity contribution in [3.05, 3.63) is 58.6 Å². The first kappa shape index (κ1) is 24.5. The Morgan fingerprint density at radius 1 is 0.781 bits per heavy atom. The summed E-state index contributed by atoms with van der Waals surface area (Å²) in [6.07, 6.45) is -0.372. The second-order valence-electron chi connectivity index (χ2n) is 6.48. The minimum Gasteiger partial charge on any atom is -0.455 e. The molecule has 0 aromatic heterocycles. The Morgan fingerprint density at radius 2 is 1.38 bits per heavy atom. The molecule has 0 radical (unpaired) electrons. The second-order valence-corrected chi connectivity index (χ2v) is 7.39. The lowest BCUT2D eigenvalue weighted by atomic mass is 10.2. The number of halogens is 1. The number of amides is 4. The van der Waals surface area contributed by atoms with Gasteiger partial charge in [0.15, 0.2) is 6.61 Å². The highest BCUT2D eigenvalue weighted by Crippen LogP contribution is 2.14. The number of anilines is 2. The maximum Gasteiger partial charge on any atom is 0.306 e. The van der Waals surface area contributed by atoms with E-state index in [1.54, 1.807) is 48.5 Å². The van der Waals surface area contributed by atoms with E-state index in [9.17, 15) is 24.0 Å². The van der Waals surface area contributed by atoms with Gasteiger partial charge in [-0.05, 0) is 48.5 Å². The van der Waals surface area contributed by atoms with Crippen molar-refractivity contribution in [3.63, 3.8) is 0 Å². The highest BCUT2D eigenvalue weighted by Gasteiger charge is 2.12. The summed E-state index contributed by atoms with van der Waals surface area (Å²) >= 11 is 3.25. The smallest absolute Gasteiger partial charge is 0.306 e. The molecule has 0 atom stereocenters. The molecule has 4 amide bonds. The lowest BCUT2D eigenvalue weighted by Crippen LogP contribution is -2.43. The van der Waals surface area contributed by atoms with Crippen LogP contribution in [0, 0.1) is 0 Å². The van der Waals surface area contributed by atoms with Gasteiger partial charge >= 0.3 is 5.97 Å². The third-order valence-corrected chi connectivity index (χ3v) is 4.36.